The molecule has 0 bridgehead atoms. The van der Waals surface area contributed by atoms with Crippen molar-refractivity contribution < 1.29 is 19.4 Å². The summed E-state index contributed by atoms with van der Waals surface area (Å²) in [6.45, 7) is 5.77. The molecule has 2 N–H and O–H groups in total. The Balaban J connectivity index is 1.56. The van der Waals surface area contributed by atoms with Crippen LogP contribution in [0.25, 0.3) is 0 Å². The molecule has 0 spiro atoms. The Morgan fingerprint density at radius 2 is 1.94 bits per heavy atom. The molecule has 0 saturated heterocycles. The maximum Gasteiger partial charge on any atom is 0.305 e. The van der Waals surface area contributed by atoms with E-state index in [4.69, 9.17) is 9.47 Å². The number of nitrogens with one attached hydrogen (secondary N) is 1. The van der Waals surface area contributed by atoms with Crippen LogP contribution in [-0.2, 0) is 26.1 Å². The molecule has 2 aliphatic carbocycles. The summed E-state index contributed by atoms with van der Waals surface area (Å²) >= 11 is 0. The van der Waals surface area contributed by atoms with Crippen molar-refractivity contribution in [1.82, 2.24) is 5.32 Å². The van der Waals surface area contributed by atoms with Gasteiger partial charge in [-0.25, -0.2) is 0 Å². The van der Waals surface area contributed by atoms with Gasteiger partial charge < -0.3 is 19.9 Å². The van der Waals surface area contributed by atoms with E-state index < -0.39 is 0 Å². The van der Waals surface area contributed by atoms with Crippen LogP contribution in [0.5, 0.6) is 5.75 Å². The molecular weight excluding hydrogens is 390 g/mol. The van der Waals surface area contributed by atoms with Crippen LogP contribution in [0, 0.1) is 5.92 Å². The second-order valence-electron chi connectivity index (χ2n) is 9.41. The fourth-order valence-electron chi connectivity index (χ4n) is 5.81. The molecule has 2 aliphatic rings. The van der Waals surface area contributed by atoms with Gasteiger partial charge in [0.15, 0.2) is 0 Å². The lowest BCUT2D eigenvalue weighted by Gasteiger charge is -2.49. The monoisotopic (exact) mass is 431 g/mol. The predicted molar refractivity (Wildman–Crippen MR) is 123 cm³/mol. The van der Waals surface area contributed by atoms with E-state index in [1.165, 1.54) is 43.2 Å². The van der Waals surface area contributed by atoms with Crippen molar-refractivity contribution >= 4 is 5.97 Å². The number of hydrogen-bond acceptors (Lipinski definition) is 5. The Morgan fingerprint density at radius 1 is 1.19 bits per heavy atom. The minimum absolute atomic E-state index is 0.0650. The van der Waals surface area contributed by atoms with Gasteiger partial charge in [-0.3, -0.25) is 4.79 Å². The summed E-state index contributed by atoms with van der Waals surface area (Å²) in [5.74, 6) is 0.805. The van der Waals surface area contributed by atoms with Gasteiger partial charge in [-0.15, -0.1) is 0 Å². The first kappa shape index (κ1) is 24.1. The Hall–Kier alpha value is -1.59. The maximum absolute atomic E-state index is 12.2. The quantitative estimate of drug-likeness (QED) is 0.408. The summed E-state index contributed by atoms with van der Waals surface area (Å²) in [5.41, 5.74) is 2.39. The highest BCUT2D eigenvalue weighted by atomic mass is 16.5. The maximum atomic E-state index is 12.2. The third kappa shape index (κ3) is 5.61. The highest BCUT2D eigenvalue weighted by Gasteiger charge is 2.46. The number of rotatable bonds is 10. The number of phenols is 1. The number of carbonyl (C=O) groups excluding carboxylic acids is 1. The first-order valence-electron chi connectivity index (χ1n) is 12.3. The highest BCUT2D eigenvalue weighted by molar-refractivity contribution is 5.69. The molecule has 2 atom stereocenters. The molecular formula is C26H41NO4. The van der Waals surface area contributed by atoms with Crippen LogP contribution in [0.2, 0.25) is 0 Å². The zero-order chi connectivity index (χ0) is 22.3. The van der Waals surface area contributed by atoms with Crippen LogP contribution in [0.15, 0.2) is 18.2 Å². The van der Waals surface area contributed by atoms with Crippen LogP contribution in [0.1, 0.15) is 82.8 Å². The standard InChI is InChI=1S/C26H41NO4/c1-4-26(5-2)22-17-21(28)14-13-20(22)16-23(30-3)25(26)27-15-9-12-24(29)31-18-19-10-7-6-8-11-19/h13-14,17,19,23,25,27-28H,4-12,15-16,18H2,1-3H3/t23-,25+/m0/s1. The lowest BCUT2D eigenvalue weighted by Crippen LogP contribution is -2.59. The van der Waals surface area contributed by atoms with Gasteiger partial charge in [0.05, 0.1) is 12.7 Å². The van der Waals surface area contributed by atoms with E-state index in [9.17, 15) is 9.90 Å². The Morgan fingerprint density at radius 3 is 2.61 bits per heavy atom. The zero-order valence-electron chi connectivity index (χ0n) is 19.6. The predicted octanol–water partition coefficient (Wildman–Crippen LogP) is 4.88. The normalized spacial score (nSPS) is 23.3. The van der Waals surface area contributed by atoms with Crippen molar-refractivity contribution in [2.75, 3.05) is 20.3 Å². The van der Waals surface area contributed by atoms with Crippen LogP contribution in [-0.4, -0.2) is 43.5 Å². The number of fused-ring (bicyclic) bond motifs is 1. The Bertz CT molecular complexity index is 709. The largest absolute Gasteiger partial charge is 0.508 e. The molecule has 5 heteroatoms. The van der Waals surface area contributed by atoms with Crippen LogP contribution < -0.4 is 5.32 Å². The minimum Gasteiger partial charge on any atom is -0.508 e. The summed E-state index contributed by atoms with van der Waals surface area (Å²) in [5, 5.41) is 13.9. The first-order valence-corrected chi connectivity index (χ1v) is 12.3. The average Bonchev–Trinajstić information content (AvgIpc) is 2.80. The van der Waals surface area contributed by atoms with Gasteiger partial charge in [0, 0.05) is 31.4 Å². The molecule has 0 heterocycles. The third-order valence-electron chi connectivity index (χ3n) is 7.71. The number of carbonyl (C=O) groups is 1. The molecule has 1 saturated carbocycles. The number of esters is 1. The number of phenolic OH excluding ortho intramolecular Hbond substituents is 1. The summed E-state index contributed by atoms with van der Waals surface area (Å²) in [6, 6.07) is 5.88. The van der Waals surface area contributed by atoms with E-state index in [-0.39, 0.29) is 23.5 Å². The molecule has 1 aromatic carbocycles. The Kier molecular flexibility index (Phi) is 8.79. The first-order chi connectivity index (χ1) is 15.0. The van der Waals surface area contributed by atoms with Gasteiger partial charge in [-0.1, -0.05) is 39.2 Å². The molecule has 0 amide bonds. The fourth-order valence-corrected chi connectivity index (χ4v) is 5.81. The lowest BCUT2D eigenvalue weighted by atomic mass is 9.62. The summed E-state index contributed by atoms with van der Waals surface area (Å²) < 4.78 is 11.5. The molecule has 0 aliphatic heterocycles. The molecule has 3 rings (SSSR count). The Labute approximate surface area is 187 Å². The van der Waals surface area contributed by atoms with Crippen molar-refractivity contribution in [1.29, 1.82) is 0 Å². The van der Waals surface area contributed by atoms with Crippen molar-refractivity contribution in [3.05, 3.63) is 29.3 Å². The number of hydrogen-bond donors (Lipinski definition) is 2. The number of ether oxygens (including phenoxy) is 2. The second kappa shape index (κ2) is 11.3. The van der Waals surface area contributed by atoms with Crippen LogP contribution in [0.3, 0.4) is 0 Å². The highest BCUT2D eigenvalue weighted by Crippen LogP contribution is 2.44. The van der Waals surface area contributed by atoms with Gasteiger partial charge in [0.1, 0.15) is 5.75 Å². The molecule has 0 radical (unpaired) electrons. The fraction of sp³-hybridized carbons (Fsp3) is 0.731. The summed E-state index contributed by atoms with van der Waals surface area (Å²) in [4.78, 5) is 12.2. The number of methoxy groups -OCH3 is 1. The topological polar surface area (TPSA) is 67.8 Å². The number of aromatic hydroxyl groups is 1. The van der Waals surface area contributed by atoms with E-state index in [0.29, 0.717) is 24.7 Å². The smallest absolute Gasteiger partial charge is 0.305 e. The van der Waals surface area contributed by atoms with Crippen molar-refractivity contribution in [3.8, 4) is 5.75 Å². The summed E-state index contributed by atoms with van der Waals surface area (Å²) in [7, 11) is 1.78. The van der Waals surface area contributed by atoms with Gasteiger partial charge in [0.25, 0.3) is 0 Å². The van der Waals surface area contributed by atoms with E-state index in [1.54, 1.807) is 13.2 Å². The van der Waals surface area contributed by atoms with Gasteiger partial charge in [-0.05, 0) is 67.8 Å². The minimum atomic E-state index is -0.103. The van der Waals surface area contributed by atoms with Gasteiger partial charge in [-0.2, -0.15) is 0 Å². The van der Waals surface area contributed by atoms with E-state index >= 15 is 0 Å². The van der Waals surface area contributed by atoms with Crippen LogP contribution >= 0.6 is 0 Å². The lowest BCUT2D eigenvalue weighted by molar-refractivity contribution is -0.145. The van der Waals surface area contributed by atoms with Gasteiger partial charge in [0.2, 0.25) is 0 Å². The van der Waals surface area contributed by atoms with Crippen molar-refractivity contribution in [2.24, 2.45) is 5.92 Å². The molecule has 174 valence electrons. The third-order valence-corrected chi connectivity index (χ3v) is 7.71. The van der Waals surface area contributed by atoms with E-state index in [2.05, 4.69) is 19.2 Å². The molecule has 5 nitrogen and oxygen atoms in total. The van der Waals surface area contributed by atoms with Crippen molar-refractivity contribution in [3.63, 3.8) is 0 Å². The summed E-state index contributed by atoms with van der Waals surface area (Å²) in [6.07, 6.45) is 10.3. The van der Waals surface area contributed by atoms with Gasteiger partial charge >= 0.3 is 5.97 Å². The van der Waals surface area contributed by atoms with E-state index in [0.717, 1.165) is 32.2 Å². The second-order valence-corrected chi connectivity index (χ2v) is 9.41. The van der Waals surface area contributed by atoms with E-state index in [1.807, 2.05) is 12.1 Å². The van der Waals surface area contributed by atoms with Crippen molar-refractivity contribution in [2.45, 2.75) is 95.6 Å². The number of benzene rings is 1. The molecule has 31 heavy (non-hydrogen) atoms. The SMILES string of the molecule is CCC1(CC)c2cc(O)ccc2C[C@H](OC)[C@H]1NCCCC(=O)OCC1CCCCC1. The molecule has 0 aromatic heterocycles. The zero-order valence-corrected chi connectivity index (χ0v) is 19.6. The van der Waals surface area contributed by atoms with Crippen LogP contribution in [0.4, 0.5) is 0 Å². The average molecular weight is 432 g/mol. The molecule has 1 aromatic rings. The molecule has 1 fully saturated rings. The molecule has 0 unspecified atom stereocenters.